The van der Waals surface area contributed by atoms with E-state index in [0.717, 1.165) is 26.2 Å². The standard InChI is InChI=1S/C15H21F3N2O.2C2H6/c1-12-2-3-13(14(10-12)15(16,17)18)11-20-6-4-19(5-7-20)8-9-21;2*1-2/h2-3,10,21H,4-9,11H2,1H3;2*1-2H3. The molecule has 1 heterocycles. The van der Waals surface area contributed by atoms with Crippen molar-refractivity contribution in [1.82, 2.24) is 9.80 Å². The van der Waals surface area contributed by atoms with E-state index in [1.165, 1.54) is 6.07 Å². The molecular formula is C19H33F3N2O. The SMILES string of the molecule is CC.CC.Cc1ccc(CN2CCN(CCO)CC2)c(C(F)(F)F)c1. The predicted molar refractivity (Wildman–Crippen MR) is 97.7 cm³/mol. The van der Waals surface area contributed by atoms with Gasteiger partial charge < -0.3 is 5.11 Å². The maximum absolute atomic E-state index is 13.1. The molecular weight excluding hydrogens is 329 g/mol. The fourth-order valence-electron chi connectivity index (χ4n) is 2.65. The minimum absolute atomic E-state index is 0.121. The number of β-amino-alcohol motifs (C(OH)–C–C–N with tert-alkyl or cyclic N) is 1. The zero-order valence-electron chi connectivity index (χ0n) is 16.2. The van der Waals surface area contributed by atoms with Gasteiger partial charge in [-0.05, 0) is 18.6 Å². The van der Waals surface area contributed by atoms with E-state index in [-0.39, 0.29) is 6.61 Å². The van der Waals surface area contributed by atoms with Gasteiger partial charge in [0.05, 0.1) is 12.2 Å². The number of rotatable bonds is 4. The van der Waals surface area contributed by atoms with E-state index >= 15 is 0 Å². The lowest BCUT2D eigenvalue weighted by Crippen LogP contribution is -2.46. The van der Waals surface area contributed by atoms with Crippen LogP contribution in [0.1, 0.15) is 44.4 Å². The molecule has 1 fully saturated rings. The van der Waals surface area contributed by atoms with Gasteiger partial charge >= 0.3 is 6.18 Å². The Morgan fingerprint density at radius 2 is 1.48 bits per heavy atom. The predicted octanol–water partition coefficient (Wildman–Crippen LogP) is 4.18. The van der Waals surface area contributed by atoms with Gasteiger partial charge in [0.2, 0.25) is 0 Å². The number of aliphatic hydroxyl groups is 1. The number of hydrogen-bond acceptors (Lipinski definition) is 3. The molecule has 3 nitrogen and oxygen atoms in total. The van der Waals surface area contributed by atoms with Gasteiger partial charge in [0.15, 0.2) is 0 Å². The Bertz CT molecular complexity index is 470. The van der Waals surface area contributed by atoms with Crippen molar-refractivity contribution in [2.75, 3.05) is 39.3 Å². The Hall–Kier alpha value is -1.11. The molecule has 0 spiro atoms. The van der Waals surface area contributed by atoms with Gasteiger partial charge in [-0.1, -0.05) is 45.4 Å². The Labute approximate surface area is 150 Å². The molecule has 146 valence electrons. The first-order chi connectivity index (χ1) is 11.9. The number of benzene rings is 1. The van der Waals surface area contributed by atoms with Crippen molar-refractivity contribution in [3.63, 3.8) is 0 Å². The highest BCUT2D eigenvalue weighted by Crippen LogP contribution is 2.33. The zero-order valence-corrected chi connectivity index (χ0v) is 16.2. The normalized spacial score (nSPS) is 15.7. The molecule has 1 aromatic carbocycles. The third kappa shape index (κ3) is 8.21. The molecule has 1 N–H and O–H groups in total. The summed E-state index contributed by atoms with van der Waals surface area (Å²) in [7, 11) is 0. The largest absolute Gasteiger partial charge is 0.416 e. The summed E-state index contributed by atoms with van der Waals surface area (Å²) in [5.74, 6) is 0. The summed E-state index contributed by atoms with van der Waals surface area (Å²) in [6.45, 7) is 13.8. The van der Waals surface area contributed by atoms with Crippen molar-refractivity contribution < 1.29 is 18.3 Å². The van der Waals surface area contributed by atoms with Crippen molar-refractivity contribution >= 4 is 0 Å². The number of nitrogens with zero attached hydrogens (tertiary/aromatic N) is 2. The van der Waals surface area contributed by atoms with E-state index in [9.17, 15) is 13.2 Å². The second-order valence-corrected chi connectivity index (χ2v) is 5.50. The molecule has 25 heavy (non-hydrogen) atoms. The van der Waals surface area contributed by atoms with Gasteiger partial charge in [0.25, 0.3) is 0 Å². The summed E-state index contributed by atoms with van der Waals surface area (Å²) in [4.78, 5) is 4.16. The minimum Gasteiger partial charge on any atom is -0.395 e. The number of halogens is 3. The molecule has 2 rings (SSSR count). The first-order valence-corrected chi connectivity index (χ1v) is 9.12. The Balaban J connectivity index is 0.00000134. The van der Waals surface area contributed by atoms with Crippen LogP contribution in [-0.2, 0) is 12.7 Å². The van der Waals surface area contributed by atoms with Gasteiger partial charge in [-0.3, -0.25) is 9.80 Å². The van der Waals surface area contributed by atoms with Crippen LogP contribution < -0.4 is 0 Å². The van der Waals surface area contributed by atoms with Crippen molar-refractivity contribution in [3.8, 4) is 0 Å². The third-order valence-corrected chi connectivity index (χ3v) is 3.85. The van der Waals surface area contributed by atoms with E-state index in [2.05, 4.69) is 4.90 Å². The molecule has 0 unspecified atom stereocenters. The van der Waals surface area contributed by atoms with Gasteiger partial charge in [-0.25, -0.2) is 0 Å². The highest BCUT2D eigenvalue weighted by molar-refractivity contribution is 5.33. The van der Waals surface area contributed by atoms with E-state index in [1.807, 2.05) is 32.6 Å². The molecule has 1 aliphatic rings. The fourth-order valence-corrected chi connectivity index (χ4v) is 2.65. The van der Waals surface area contributed by atoms with E-state index in [1.54, 1.807) is 19.1 Å². The summed E-state index contributed by atoms with van der Waals surface area (Å²) in [5.41, 5.74) is 0.433. The summed E-state index contributed by atoms with van der Waals surface area (Å²) >= 11 is 0. The molecule has 0 amide bonds. The Kier molecular flexibility index (Phi) is 11.7. The van der Waals surface area contributed by atoms with Crippen LogP contribution >= 0.6 is 0 Å². The van der Waals surface area contributed by atoms with E-state index < -0.39 is 11.7 Å². The second-order valence-electron chi connectivity index (χ2n) is 5.50. The minimum atomic E-state index is -4.31. The van der Waals surface area contributed by atoms with Gasteiger partial charge in [0, 0.05) is 39.3 Å². The lowest BCUT2D eigenvalue weighted by atomic mass is 10.0. The fraction of sp³-hybridized carbons (Fsp3) is 0.684. The molecule has 0 bridgehead atoms. The lowest BCUT2D eigenvalue weighted by Gasteiger charge is -2.34. The monoisotopic (exact) mass is 362 g/mol. The number of hydrogen-bond donors (Lipinski definition) is 1. The average Bonchev–Trinajstić information content (AvgIpc) is 2.61. The molecule has 6 heteroatoms. The number of alkyl halides is 3. The summed E-state index contributed by atoms with van der Waals surface area (Å²) in [6.07, 6.45) is -4.31. The topological polar surface area (TPSA) is 26.7 Å². The van der Waals surface area contributed by atoms with Crippen LogP contribution in [-0.4, -0.2) is 54.2 Å². The molecule has 1 aliphatic heterocycles. The highest BCUT2D eigenvalue weighted by Gasteiger charge is 2.33. The van der Waals surface area contributed by atoms with Crippen LogP contribution in [0.3, 0.4) is 0 Å². The molecule has 0 atom stereocenters. The van der Waals surface area contributed by atoms with Gasteiger partial charge in [-0.2, -0.15) is 13.2 Å². The average molecular weight is 362 g/mol. The maximum atomic E-state index is 13.1. The zero-order chi connectivity index (χ0) is 19.5. The highest BCUT2D eigenvalue weighted by atomic mass is 19.4. The first kappa shape index (κ1) is 23.9. The van der Waals surface area contributed by atoms with Crippen molar-refractivity contribution in [1.29, 1.82) is 0 Å². The van der Waals surface area contributed by atoms with E-state index in [4.69, 9.17) is 5.11 Å². The Morgan fingerprint density at radius 1 is 0.960 bits per heavy atom. The van der Waals surface area contributed by atoms with Gasteiger partial charge in [0.1, 0.15) is 0 Å². The first-order valence-electron chi connectivity index (χ1n) is 9.12. The van der Waals surface area contributed by atoms with Crippen LogP contribution in [0, 0.1) is 6.92 Å². The van der Waals surface area contributed by atoms with Crippen LogP contribution in [0.25, 0.3) is 0 Å². The summed E-state index contributed by atoms with van der Waals surface area (Å²) < 4.78 is 39.3. The second kappa shape index (κ2) is 12.3. The lowest BCUT2D eigenvalue weighted by molar-refractivity contribution is -0.138. The molecule has 0 aliphatic carbocycles. The number of aliphatic hydroxyl groups excluding tert-OH is 1. The van der Waals surface area contributed by atoms with Crippen molar-refractivity contribution in [3.05, 3.63) is 34.9 Å². The van der Waals surface area contributed by atoms with Crippen LogP contribution in [0.5, 0.6) is 0 Å². The Morgan fingerprint density at radius 3 is 1.96 bits per heavy atom. The molecule has 0 aromatic heterocycles. The molecule has 0 radical (unpaired) electrons. The van der Waals surface area contributed by atoms with Gasteiger partial charge in [-0.15, -0.1) is 0 Å². The molecule has 1 saturated heterocycles. The third-order valence-electron chi connectivity index (χ3n) is 3.85. The number of piperazine rings is 1. The number of aryl methyl sites for hydroxylation is 1. The smallest absolute Gasteiger partial charge is 0.395 e. The van der Waals surface area contributed by atoms with Crippen molar-refractivity contribution in [2.45, 2.75) is 47.3 Å². The van der Waals surface area contributed by atoms with Crippen LogP contribution in [0.4, 0.5) is 13.2 Å². The van der Waals surface area contributed by atoms with Crippen molar-refractivity contribution in [2.24, 2.45) is 0 Å². The molecule has 1 aromatic rings. The van der Waals surface area contributed by atoms with Crippen LogP contribution in [0.2, 0.25) is 0 Å². The summed E-state index contributed by atoms with van der Waals surface area (Å²) in [6, 6.07) is 4.53. The maximum Gasteiger partial charge on any atom is 0.416 e. The quantitative estimate of drug-likeness (QED) is 0.871. The van der Waals surface area contributed by atoms with E-state index in [0.29, 0.717) is 24.2 Å². The molecule has 0 saturated carbocycles. The summed E-state index contributed by atoms with van der Waals surface area (Å²) in [5, 5.41) is 8.89. The van der Waals surface area contributed by atoms with Crippen LogP contribution in [0.15, 0.2) is 18.2 Å².